The Morgan fingerprint density at radius 1 is 1.22 bits per heavy atom. The van der Waals surface area contributed by atoms with Crippen molar-refractivity contribution in [3.63, 3.8) is 0 Å². The highest BCUT2D eigenvalue weighted by Gasteiger charge is 2.28. The van der Waals surface area contributed by atoms with Gasteiger partial charge in [-0.05, 0) is 44.0 Å². The van der Waals surface area contributed by atoms with Crippen molar-refractivity contribution in [1.29, 1.82) is 0 Å². The molecular weight excluding hydrogens is 292 g/mol. The Kier molecular flexibility index (Phi) is 6.27. The average Bonchev–Trinajstić information content (AvgIpc) is 2.56. The van der Waals surface area contributed by atoms with Crippen molar-refractivity contribution in [2.45, 2.75) is 38.5 Å². The van der Waals surface area contributed by atoms with E-state index in [4.69, 9.17) is 9.47 Å². The van der Waals surface area contributed by atoms with E-state index in [0.29, 0.717) is 36.0 Å². The predicted molar refractivity (Wildman–Crippen MR) is 92.2 cm³/mol. The van der Waals surface area contributed by atoms with Crippen LogP contribution < -0.4 is 14.8 Å². The molecule has 2 rings (SSSR count). The highest BCUT2D eigenvalue weighted by Crippen LogP contribution is 2.27. The molecule has 0 spiro atoms. The quantitative estimate of drug-likeness (QED) is 0.839. The molecule has 1 aliphatic rings. The van der Waals surface area contributed by atoms with E-state index in [0.717, 1.165) is 18.5 Å². The fraction of sp³-hybridized carbons (Fsp3) is 0.667. The number of piperidine rings is 1. The van der Waals surface area contributed by atoms with Crippen molar-refractivity contribution in [3.8, 4) is 11.5 Å². The summed E-state index contributed by atoms with van der Waals surface area (Å²) < 4.78 is 10.5. The molecule has 1 saturated heterocycles. The van der Waals surface area contributed by atoms with Gasteiger partial charge in [-0.2, -0.15) is 0 Å². The van der Waals surface area contributed by atoms with Gasteiger partial charge in [-0.3, -0.25) is 0 Å². The molecule has 0 aliphatic carbocycles. The van der Waals surface area contributed by atoms with E-state index in [9.17, 15) is 5.11 Å². The second kappa shape index (κ2) is 7.99. The largest absolute Gasteiger partial charge is 0.497 e. The SMILES string of the molecule is COc1cc(OC)cc(C(O)CNC2CC(C)N(C)CC2C)c1. The minimum absolute atomic E-state index is 0.434. The molecule has 4 atom stereocenters. The van der Waals surface area contributed by atoms with E-state index in [2.05, 4.69) is 31.1 Å². The molecule has 5 heteroatoms. The van der Waals surface area contributed by atoms with E-state index in [1.165, 1.54) is 0 Å². The Morgan fingerprint density at radius 3 is 2.39 bits per heavy atom. The molecule has 1 aromatic rings. The summed E-state index contributed by atoms with van der Waals surface area (Å²) in [6, 6.07) is 6.52. The first-order valence-corrected chi connectivity index (χ1v) is 8.29. The molecule has 2 N–H and O–H groups in total. The first-order chi connectivity index (χ1) is 10.9. The average molecular weight is 322 g/mol. The number of nitrogens with zero attached hydrogens (tertiary/aromatic N) is 1. The first-order valence-electron chi connectivity index (χ1n) is 8.29. The summed E-state index contributed by atoms with van der Waals surface area (Å²) in [5.41, 5.74) is 0.808. The molecular formula is C18H30N2O3. The molecule has 1 fully saturated rings. The number of rotatable bonds is 6. The Balaban J connectivity index is 1.98. The molecule has 0 radical (unpaired) electrons. The highest BCUT2D eigenvalue weighted by molar-refractivity contribution is 5.39. The van der Waals surface area contributed by atoms with Crippen LogP contribution in [0.5, 0.6) is 11.5 Å². The van der Waals surface area contributed by atoms with Crippen LogP contribution in [0, 0.1) is 5.92 Å². The summed E-state index contributed by atoms with van der Waals surface area (Å²) in [5, 5.41) is 14.0. The van der Waals surface area contributed by atoms with E-state index in [-0.39, 0.29) is 0 Å². The predicted octanol–water partition coefficient (Wildman–Crippen LogP) is 2.06. The molecule has 1 aromatic carbocycles. The maximum absolute atomic E-state index is 10.5. The number of benzene rings is 1. The number of ether oxygens (including phenoxy) is 2. The van der Waals surface area contributed by atoms with E-state index in [1.807, 2.05) is 18.2 Å². The smallest absolute Gasteiger partial charge is 0.122 e. The van der Waals surface area contributed by atoms with Gasteiger partial charge in [0.15, 0.2) is 0 Å². The van der Waals surface area contributed by atoms with Crippen molar-refractivity contribution in [2.75, 3.05) is 34.4 Å². The van der Waals surface area contributed by atoms with Crippen LogP contribution in [0.25, 0.3) is 0 Å². The van der Waals surface area contributed by atoms with Crippen molar-refractivity contribution >= 4 is 0 Å². The van der Waals surface area contributed by atoms with Gasteiger partial charge in [0.2, 0.25) is 0 Å². The van der Waals surface area contributed by atoms with Crippen LogP contribution in [0.3, 0.4) is 0 Å². The van der Waals surface area contributed by atoms with Gasteiger partial charge in [0.1, 0.15) is 11.5 Å². The van der Waals surface area contributed by atoms with Crippen LogP contribution >= 0.6 is 0 Å². The van der Waals surface area contributed by atoms with Crippen LogP contribution in [0.2, 0.25) is 0 Å². The van der Waals surface area contributed by atoms with Gasteiger partial charge in [0, 0.05) is 31.2 Å². The van der Waals surface area contributed by atoms with Crippen molar-refractivity contribution in [2.24, 2.45) is 5.92 Å². The van der Waals surface area contributed by atoms with Crippen molar-refractivity contribution in [1.82, 2.24) is 10.2 Å². The van der Waals surface area contributed by atoms with Gasteiger partial charge in [-0.25, -0.2) is 0 Å². The molecule has 0 amide bonds. The third kappa shape index (κ3) is 4.59. The molecule has 23 heavy (non-hydrogen) atoms. The second-order valence-corrected chi connectivity index (χ2v) is 6.68. The van der Waals surface area contributed by atoms with Gasteiger partial charge >= 0.3 is 0 Å². The maximum atomic E-state index is 10.5. The Hall–Kier alpha value is -1.30. The summed E-state index contributed by atoms with van der Waals surface area (Å²) in [6.45, 7) is 6.13. The minimum Gasteiger partial charge on any atom is -0.497 e. The van der Waals surface area contributed by atoms with E-state index < -0.39 is 6.10 Å². The lowest BCUT2D eigenvalue weighted by molar-refractivity contribution is 0.105. The number of hydrogen-bond donors (Lipinski definition) is 2. The number of methoxy groups -OCH3 is 2. The van der Waals surface area contributed by atoms with E-state index in [1.54, 1.807) is 14.2 Å². The number of aliphatic hydroxyl groups excluding tert-OH is 1. The number of likely N-dealkylation sites (tertiary alicyclic amines) is 1. The number of aliphatic hydroxyl groups is 1. The maximum Gasteiger partial charge on any atom is 0.122 e. The standard InChI is InChI=1S/C18H30N2O3/c1-12-11-20(3)13(2)6-17(12)19-10-18(21)14-7-15(22-4)9-16(8-14)23-5/h7-9,12-13,17-19,21H,6,10-11H2,1-5H3. The van der Waals surface area contributed by atoms with E-state index >= 15 is 0 Å². The molecule has 0 bridgehead atoms. The zero-order chi connectivity index (χ0) is 17.0. The molecule has 130 valence electrons. The zero-order valence-electron chi connectivity index (χ0n) is 14.9. The highest BCUT2D eigenvalue weighted by atomic mass is 16.5. The summed E-state index contributed by atoms with van der Waals surface area (Å²) >= 11 is 0. The fourth-order valence-corrected chi connectivity index (χ4v) is 3.23. The number of nitrogens with one attached hydrogen (secondary N) is 1. The second-order valence-electron chi connectivity index (χ2n) is 6.68. The van der Waals surface area contributed by atoms with Gasteiger partial charge in [0.25, 0.3) is 0 Å². The normalized spacial score (nSPS) is 26.8. The van der Waals surface area contributed by atoms with Gasteiger partial charge in [-0.1, -0.05) is 6.92 Å². The lowest BCUT2D eigenvalue weighted by Crippen LogP contribution is -2.51. The summed E-state index contributed by atoms with van der Waals surface area (Å²) in [7, 11) is 5.41. The topological polar surface area (TPSA) is 54.0 Å². The minimum atomic E-state index is -0.582. The fourth-order valence-electron chi connectivity index (χ4n) is 3.23. The lowest BCUT2D eigenvalue weighted by atomic mass is 9.89. The van der Waals surface area contributed by atoms with Crippen LogP contribution in [0.1, 0.15) is 31.9 Å². The van der Waals surface area contributed by atoms with Crippen LogP contribution in [0.4, 0.5) is 0 Å². The van der Waals surface area contributed by atoms with Gasteiger partial charge < -0.3 is 24.8 Å². The van der Waals surface area contributed by atoms with Crippen molar-refractivity contribution < 1.29 is 14.6 Å². The molecule has 0 aromatic heterocycles. The van der Waals surface area contributed by atoms with Crippen LogP contribution in [-0.2, 0) is 0 Å². The third-order valence-corrected chi connectivity index (χ3v) is 4.94. The van der Waals surface area contributed by atoms with Crippen molar-refractivity contribution in [3.05, 3.63) is 23.8 Å². The molecule has 1 heterocycles. The van der Waals surface area contributed by atoms with Crippen LogP contribution in [-0.4, -0.2) is 56.4 Å². The first kappa shape index (κ1) is 18.0. The Labute approximate surface area is 139 Å². The van der Waals surface area contributed by atoms with Gasteiger partial charge in [-0.15, -0.1) is 0 Å². The van der Waals surface area contributed by atoms with Crippen LogP contribution in [0.15, 0.2) is 18.2 Å². The molecule has 1 aliphatic heterocycles. The third-order valence-electron chi connectivity index (χ3n) is 4.94. The lowest BCUT2D eigenvalue weighted by Gasteiger charge is -2.40. The van der Waals surface area contributed by atoms with Gasteiger partial charge in [0.05, 0.1) is 20.3 Å². The summed E-state index contributed by atoms with van der Waals surface area (Å²) in [5.74, 6) is 1.96. The zero-order valence-corrected chi connectivity index (χ0v) is 14.9. The Morgan fingerprint density at radius 2 is 1.83 bits per heavy atom. The monoisotopic (exact) mass is 322 g/mol. The Bertz CT molecular complexity index is 487. The summed E-state index contributed by atoms with van der Waals surface area (Å²) in [6.07, 6.45) is 0.521. The molecule has 0 saturated carbocycles. The number of hydrogen-bond acceptors (Lipinski definition) is 5. The summed E-state index contributed by atoms with van der Waals surface area (Å²) in [4.78, 5) is 2.40. The molecule has 4 unspecified atom stereocenters. The molecule has 5 nitrogen and oxygen atoms in total.